The van der Waals surface area contributed by atoms with Crippen molar-refractivity contribution in [3.05, 3.63) is 40.4 Å². The Bertz CT molecular complexity index is 631. The third-order valence-electron chi connectivity index (χ3n) is 5.49. The lowest BCUT2D eigenvalue weighted by atomic mass is 9.73. The molecule has 0 N–H and O–H groups in total. The van der Waals surface area contributed by atoms with Crippen molar-refractivity contribution < 1.29 is 9.53 Å². The van der Waals surface area contributed by atoms with Gasteiger partial charge in [-0.25, -0.2) is 4.79 Å². The highest BCUT2D eigenvalue weighted by Crippen LogP contribution is 2.40. The number of piperidine rings is 3. The van der Waals surface area contributed by atoms with Crippen LogP contribution in [-0.4, -0.2) is 37.1 Å². The summed E-state index contributed by atoms with van der Waals surface area (Å²) in [6.07, 6.45) is 6.20. The van der Waals surface area contributed by atoms with E-state index in [1.54, 1.807) is 0 Å². The standard InChI is InChI=1S/C18H20ClNO2/c19-14-2-4-15-13(11-14)1-3-16(15)17(21)22-12-18-5-8-20(9-6-18)10-7-18/h2-4,11H,1,5-10,12H2. The molecule has 3 fully saturated rings. The van der Waals surface area contributed by atoms with E-state index in [9.17, 15) is 4.79 Å². The molecule has 0 atom stereocenters. The second-order valence-corrected chi connectivity index (χ2v) is 7.23. The zero-order valence-corrected chi connectivity index (χ0v) is 13.4. The Kier molecular flexibility index (Phi) is 3.50. The normalized spacial score (nSPS) is 29.1. The first-order valence-corrected chi connectivity index (χ1v) is 8.42. The third kappa shape index (κ3) is 2.46. The van der Waals surface area contributed by atoms with Gasteiger partial charge in [0.2, 0.25) is 0 Å². The number of halogens is 1. The number of carbonyl (C=O) groups is 1. The molecule has 0 saturated carbocycles. The van der Waals surface area contributed by atoms with Crippen LogP contribution in [0.2, 0.25) is 5.02 Å². The number of ether oxygens (including phenoxy) is 1. The average Bonchev–Trinajstić information content (AvgIpc) is 2.97. The fraction of sp³-hybridized carbons (Fsp3) is 0.500. The van der Waals surface area contributed by atoms with Crippen LogP contribution in [0.4, 0.5) is 0 Å². The summed E-state index contributed by atoms with van der Waals surface area (Å²) in [6, 6.07) is 5.70. The summed E-state index contributed by atoms with van der Waals surface area (Å²) < 4.78 is 5.71. The quantitative estimate of drug-likeness (QED) is 0.801. The number of hydrogen-bond donors (Lipinski definition) is 0. The molecule has 1 aliphatic carbocycles. The number of hydrogen-bond acceptors (Lipinski definition) is 3. The Morgan fingerprint density at radius 3 is 2.68 bits per heavy atom. The van der Waals surface area contributed by atoms with Crippen LogP contribution < -0.4 is 0 Å². The molecule has 2 bridgehead atoms. The third-order valence-corrected chi connectivity index (χ3v) is 5.72. The maximum absolute atomic E-state index is 12.5. The maximum Gasteiger partial charge on any atom is 0.338 e. The van der Waals surface area contributed by atoms with E-state index in [2.05, 4.69) is 4.90 Å². The summed E-state index contributed by atoms with van der Waals surface area (Å²) in [4.78, 5) is 15.0. The highest BCUT2D eigenvalue weighted by molar-refractivity contribution is 6.31. The van der Waals surface area contributed by atoms with Gasteiger partial charge in [0.1, 0.15) is 0 Å². The molecule has 3 nitrogen and oxygen atoms in total. The summed E-state index contributed by atoms with van der Waals surface area (Å²) in [5.74, 6) is -0.177. The van der Waals surface area contributed by atoms with Crippen molar-refractivity contribution in [2.75, 3.05) is 26.2 Å². The van der Waals surface area contributed by atoms with Gasteiger partial charge in [-0.2, -0.15) is 0 Å². The van der Waals surface area contributed by atoms with Gasteiger partial charge in [-0.3, -0.25) is 0 Å². The Morgan fingerprint density at radius 1 is 1.23 bits per heavy atom. The van der Waals surface area contributed by atoms with Crippen molar-refractivity contribution in [1.29, 1.82) is 0 Å². The lowest BCUT2D eigenvalue weighted by Gasteiger charge is -2.47. The van der Waals surface area contributed by atoms with Crippen LogP contribution >= 0.6 is 11.6 Å². The van der Waals surface area contributed by atoms with Gasteiger partial charge in [-0.15, -0.1) is 0 Å². The molecule has 3 saturated heterocycles. The molecule has 0 spiro atoms. The first-order chi connectivity index (χ1) is 10.7. The molecule has 0 radical (unpaired) electrons. The van der Waals surface area contributed by atoms with E-state index in [0.717, 1.165) is 61.5 Å². The Labute approximate surface area is 135 Å². The Hall–Kier alpha value is -1.32. The van der Waals surface area contributed by atoms with Crippen LogP contribution in [0.1, 0.15) is 30.4 Å². The molecule has 0 aromatic heterocycles. The highest BCUT2D eigenvalue weighted by Gasteiger charge is 2.40. The summed E-state index contributed by atoms with van der Waals surface area (Å²) in [7, 11) is 0. The minimum Gasteiger partial charge on any atom is -0.461 e. The predicted molar refractivity (Wildman–Crippen MR) is 86.8 cm³/mol. The Balaban J connectivity index is 1.44. The van der Waals surface area contributed by atoms with Gasteiger partial charge >= 0.3 is 5.97 Å². The summed E-state index contributed by atoms with van der Waals surface area (Å²) >= 11 is 6.01. The number of benzene rings is 1. The minimum absolute atomic E-state index is 0.177. The van der Waals surface area contributed by atoms with E-state index in [4.69, 9.17) is 16.3 Å². The molecule has 4 aliphatic rings. The van der Waals surface area contributed by atoms with Crippen LogP contribution in [0.15, 0.2) is 24.3 Å². The molecule has 1 aromatic rings. The van der Waals surface area contributed by atoms with Crippen molar-refractivity contribution in [2.24, 2.45) is 5.41 Å². The number of carbonyl (C=O) groups excluding carboxylic acids is 1. The summed E-state index contributed by atoms with van der Waals surface area (Å²) in [5.41, 5.74) is 3.03. The zero-order valence-electron chi connectivity index (χ0n) is 12.6. The number of fused-ring (bicyclic) bond motifs is 4. The van der Waals surface area contributed by atoms with E-state index in [0.29, 0.717) is 12.2 Å². The lowest BCUT2D eigenvalue weighted by molar-refractivity contribution is -0.143. The van der Waals surface area contributed by atoms with Crippen LogP contribution in [0, 0.1) is 5.41 Å². The molecular weight excluding hydrogens is 298 g/mol. The van der Waals surface area contributed by atoms with E-state index in [1.807, 2.05) is 24.3 Å². The van der Waals surface area contributed by atoms with Crippen LogP contribution in [0.25, 0.3) is 5.57 Å². The van der Waals surface area contributed by atoms with E-state index >= 15 is 0 Å². The number of esters is 1. The van der Waals surface area contributed by atoms with E-state index < -0.39 is 0 Å². The first-order valence-electron chi connectivity index (χ1n) is 8.04. The monoisotopic (exact) mass is 317 g/mol. The molecule has 4 heteroatoms. The average molecular weight is 318 g/mol. The van der Waals surface area contributed by atoms with Crippen LogP contribution in [0.3, 0.4) is 0 Å². The molecule has 3 heterocycles. The molecule has 5 rings (SSSR count). The fourth-order valence-electron chi connectivity index (χ4n) is 3.92. The second kappa shape index (κ2) is 5.39. The molecule has 116 valence electrons. The van der Waals surface area contributed by atoms with Crippen molar-refractivity contribution in [1.82, 2.24) is 4.90 Å². The van der Waals surface area contributed by atoms with Crippen molar-refractivity contribution in [3.8, 4) is 0 Å². The summed E-state index contributed by atoms with van der Waals surface area (Å²) in [5, 5.41) is 0.717. The maximum atomic E-state index is 12.5. The van der Waals surface area contributed by atoms with Gasteiger partial charge in [0.15, 0.2) is 0 Å². The van der Waals surface area contributed by atoms with Gasteiger partial charge in [0.05, 0.1) is 12.2 Å². The highest BCUT2D eigenvalue weighted by atomic mass is 35.5. The van der Waals surface area contributed by atoms with Gasteiger partial charge in [0, 0.05) is 10.4 Å². The molecule has 1 aromatic carbocycles. The first kappa shape index (κ1) is 14.3. The van der Waals surface area contributed by atoms with Crippen molar-refractivity contribution >= 4 is 23.1 Å². The van der Waals surface area contributed by atoms with E-state index in [1.165, 1.54) is 0 Å². The molecule has 0 amide bonds. The SMILES string of the molecule is O=C(OCC12CCN(CC1)CC2)C1=CCc2cc(Cl)ccc21. The number of nitrogens with zero attached hydrogens (tertiary/aromatic N) is 1. The zero-order chi connectivity index (χ0) is 15.2. The predicted octanol–water partition coefficient (Wildman–Crippen LogP) is 3.31. The van der Waals surface area contributed by atoms with Crippen LogP contribution in [-0.2, 0) is 16.0 Å². The van der Waals surface area contributed by atoms with Gasteiger partial charge in [0.25, 0.3) is 0 Å². The Morgan fingerprint density at radius 2 is 1.95 bits per heavy atom. The second-order valence-electron chi connectivity index (χ2n) is 6.79. The molecule has 0 unspecified atom stereocenters. The molecular formula is C18H20ClNO2. The van der Waals surface area contributed by atoms with Crippen molar-refractivity contribution in [3.63, 3.8) is 0 Å². The topological polar surface area (TPSA) is 29.5 Å². The smallest absolute Gasteiger partial charge is 0.338 e. The minimum atomic E-state index is -0.177. The van der Waals surface area contributed by atoms with Crippen LogP contribution in [0.5, 0.6) is 0 Å². The summed E-state index contributed by atoms with van der Waals surface area (Å²) in [6.45, 7) is 4.03. The lowest BCUT2D eigenvalue weighted by Crippen LogP contribution is -2.50. The van der Waals surface area contributed by atoms with Crippen molar-refractivity contribution in [2.45, 2.75) is 25.7 Å². The molecule has 22 heavy (non-hydrogen) atoms. The number of rotatable bonds is 3. The molecule has 3 aliphatic heterocycles. The van der Waals surface area contributed by atoms with Gasteiger partial charge < -0.3 is 9.64 Å². The number of allylic oxidation sites excluding steroid dienone is 1. The van der Waals surface area contributed by atoms with E-state index in [-0.39, 0.29) is 11.4 Å². The van der Waals surface area contributed by atoms with Gasteiger partial charge in [-0.1, -0.05) is 23.7 Å². The largest absolute Gasteiger partial charge is 0.461 e. The fourth-order valence-corrected chi connectivity index (χ4v) is 4.11. The van der Waals surface area contributed by atoms with Gasteiger partial charge in [-0.05, 0) is 68.6 Å².